The van der Waals surface area contributed by atoms with Crippen molar-refractivity contribution >= 4 is 17.5 Å². The van der Waals surface area contributed by atoms with Gasteiger partial charge in [-0.15, -0.1) is 0 Å². The number of hydrogen-bond acceptors (Lipinski definition) is 4. The number of likely N-dealkylation sites (N-methyl/N-ethyl adjacent to an activating group) is 1. The predicted molar refractivity (Wildman–Crippen MR) is 126 cm³/mol. The van der Waals surface area contributed by atoms with E-state index in [4.69, 9.17) is 0 Å². The number of nitrogens with zero attached hydrogens (tertiary/aromatic N) is 1. The van der Waals surface area contributed by atoms with E-state index in [-0.39, 0.29) is 23.8 Å². The fourth-order valence-electron chi connectivity index (χ4n) is 5.12. The van der Waals surface area contributed by atoms with E-state index in [1.54, 1.807) is 31.2 Å². The zero-order chi connectivity index (χ0) is 23.0. The van der Waals surface area contributed by atoms with Gasteiger partial charge in [0, 0.05) is 36.9 Å². The monoisotopic (exact) mass is 435 g/mol. The summed E-state index contributed by atoms with van der Waals surface area (Å²) in [6.07, 6.45) is 1.24. The Bertz CT molecular complexity index is 1000. The van der Waals surface area contributed by atoms with Gasteiger partial charge in [0.05, 0.1) is 12.0 Å². The molecule has 2 saturated heterocycles. The molecule has 3 N–H and O–H groups in total. The van der Waals surface area contributed by atoms with E-state index in [1.807, 2.05) is 37.1 Å². The molecule has 0 aliphatic carbocycles. The maximum Gasteiger partial charge on any atom is 0.255 e. The van der Waals surface area contributed by atoms with Gasteiger partial charge in [-0.3, -0.25) is 9.59 Å². The van der Waals surface area contributed by atoms with Crippen LogP contribution in [0.1, 0.15) is 65.8 Å². The normalized spacial score (nSPS) is 26.4. The lowest BCUT2D eigenvalue weighted by Gasteiger charge is -2.47. The number of likely N-dealkylation sites (tertiary alicyclic amines) is 1. The molecule has 2 aromatic rings. The molecular weight excluding hydrogens is 402 g/mol. The highest BCUT2D eigenvalue weighted by Gasteiger charge is 2.43. The molecule has 0 saturated carbocycles. The molecule has 4 rings (SSSR count). The molecule has 32 heavy (non-hydrogen) atoms. The molecule has 170 valence electrons. The van der Waals surface area contributed by atoms with Crippen LogP contribution >= 0.6 is 0 Å². The molecule has 0 bridgehead atoms. The summed E-state index contributed by atoms with van der Waals surface area (Å²) < 4.78 is 0. The quantitative estimate of drug-likeness (QED) is 0.685. The Hall–Kier alpha value is -2.70. The third-order valence-corrected chi connectivity index (χ3v) is 7.12. The first-order valence-electron chi connectivity index (χ1n) is 11.4. The molecule has 0 spiro atoms. The number of carbonyl (C=O) groups is 2. The Morgan fingerprint density at radius 3 is 2.59 bits per heavy atom. The van der Waals surface area contributed by atoms with Crippen LogP contribution in [-0.2, 0) is 4.79 Å². The Morgan fingerprint density at radius 2 is 1.91 bits per heavy atom. The zero-order valence-corrected chi connectivity index (χ0v) is 19.3. The minimum absolute atomic E-state index is 0.148. The molecule has 2 amide bonds. The minimum atomic E-state index is -0.548. The Labute approximate surface area is 190 Å². The molecular formula is C26H33N3O3. The first kappa shape index (κ1) is 22.5. The SMILES string of the molecule is Cc1ccc(C(=O)Nc2ccc(C(C)O)cc2)cc1C1CC2CNC(C)CC2N(C)C1=O. The second-order valence-corrected chi connectivity index (χ2v) is 9.43. The van der Waals surface area contributed by atoms with E-state index in [1.165, 1.54) is 0 Å². The number of nitrogens with one attached hydrogen (secondary N) is 2. The average molecular weight is 436 g/mol. The number of piperidine rings is 2. The Morgan fingerprint density at radius 1 is 1.19 bits per heavy atom. The third-order valence-electron chi connectivity index (χ3n) is 7.12. The summed E-state index contributed by atoms with van der Waals surface area (Å²) >= 11 is 0. The first-order valence-corrected chi connectivity index (χ1v) is 11.4. The van der Waals surface area contributed by atoms with Crippen molar-refractivity contribution < 1.29 is 14.7 Å². The largest absolute Gasteiger partial charge is 0.389 e. The van der Waals surface area contributed by atoms with Crippen molar-refractivity contribution in [3.05, 3.63) is 64.7 Å². The van der Waals surface area contributed by atoms with Gasteiger partial charge in [-0.05, 0) is 80.5 Å². The van der Waals surface area contributed by atoms with Crippen molar-refractivity contribution in [2.45, 2.75) is 57.7 Å². The molecule has 2 aliphatic rings. The number of anilines is 1. The standard InChI is InChI=1S/C26H33N3O3/c1-15-5-6-19(25(31)28-21-9-7-18(8-10-21)17(3)30)12-22(15)23-13-20-14-27-16(2)11-24(20)29(4)26(23)32/h5-10,12,16-17,20,23-24,27,30H,11,13-14H2,1-4H3,(H,28,31). The highest BCUT2D eigenvalue weighted by molar-refractivity contribution is 6.04. The minimum Gasteiger partial charge on any atom is -0.389 e. The predicted octanol–water partition coefficient (Wildman–Crippen LogP) is 3.61. The second kappa shape index (κ2) is 9.04. The van der Waals surface area contributed by atoms with E-state index in [9.17, 15) is 14.7 Å². The number of fused-ring (bicyclic) bond motifs is 1. The lowest BCUT2D eigenvalue weighted by atomic mass is 9.75. The molecule has 2 aliphatic heterocycles. The zero-order valence-electron chi connectivity index (χ0n) is 19.3. The fourth-order valence-corrected chi connectivity index (χ4v) is 5.12. The molecule has 0 radical (unpaired) electrons. The molecule has 2 aromatic carbocycles. The van der Waals surface area contributed by atoms with Crippen LogP contribution in [0.4, 0.5) is 5.69 Å². The average Bonchev–Trinajstić information content (AvgIpc) is 2.77. The number of carbonyl (C=O) groups excluding carboxylic acids is 2. The number of hydrogen-bond donors (Lipinski definition) is 3. The van der Waals surface area contributed by atoms with Crippen LogP contribution < -0.4 is 10.6 Å². The fraction of sp³-hybridized carbons (Fsp3) is 0.462. The first-order chi connectivity index (χ1) is 15.2. The van der Waals surface area contributed by atoms with Crippen molar-refractivity contribution in [3.63, 3.8) is 0 Å². The van der Waals surface area contributed by atoms with E-state index in [2.05, 4.69) is 17.6 Å². The molecule has 6 heteroatoms. The van der Waals surface area contributed by atoms with Crippen molar-refractivity contribution in [2.24, 2.45) is 5.92 Å². The van der Waals surface area contributed by atoms with Crippen LogP contribution in [0.2, 0.25) is 0 Å². The van der Waals surface area contributed by atoms with Crippen LogP contribution in [0, 0.1) is 12.8 Å². The van der Waals surface area contributed by atoms with E-state index in [0.717, 1.165) is 36.1 Å². The molecule has 6 nitrogen and oxygen atoms in total. The maximum absolute atomic E-state index is 13.3. The number of aliphatic hydroxyl groups is 1. The van der Waals surface area contributed by atoms with Crippen molar-refractivity contribution in [2.75, 3.05) is 18.9 Å². The van der Waals surface area contributed by atoms with Crippen molar-refractivity contribution in [3.8, 4) is 0 Å². The number of rotatable bonds is 4. The highest BCUT2D eigenvalue weighted by atomic mass is 16.3. The smallest absolute Gasteiger partial charge is 0.255 e. The van der Waals surface area contributed by atoms with E-state index >= 15 is 0 Å². The van der Waals surface area contributed by atoms with E-state index < -0.39 is 6.10 Å². The topological polar surface area (TPSA) is 81.7 Å². The van der Waals surface area contributed by atoms with Gasteiger partial charge in [-0.2, -0.15) is 0 Å². The Balaban J connectivity index is 1.54. The summed E-state index contributed by atoms with van der Waals surface area (Å²) in [7, 11) is 1.92. The van der Waals surface area contributed by atoms with Gasteiger partial charge in [0.25, 0.3) is 5.91 Å². The molecule has 5 atom stereocenters. The second-order valence-electron chi connectivity index (χ2n) is 9.43. The summed E-state index contributed by atoms with van der Waals surface area (Å²) in [5.41, 5.74) is 3.98. The summed E-state index contributed by atoms with van der Waals surface area (Å²) in [5.74, 6) is 0.131. The molecule has 0 aromatic heterocycles. The van der Waals surface area contributed by atoms with Gasteiger partial charge in [0.1, 0.15) is 0 Å². The summed E-state index contributed by atoms with van der Waals surface area (Å²) in [6.45, 7) is 6.80. The van der Waals surface area contributed by atoms with Gasteiger partial charge in [0.2, 0.25) is 5.91 Å². The van der Waals surface area contributed by atoms with Gasteiger partial charge in [-0.1, -0.05) is 18.2 Å². The highest BCUT2D eigenvalue weighted by Crippen LogP contribution is 2.38. The van der Waals surface area contributed by atoms with Crippen molar-refractivity contribution in [1.82, 2.24) is 10.2 Å². The maximum atomic E-state index is 13.3. The lowest BCUT2D eigenvalue weighted by molar-refractivity contribution is -0.140. The van der Waals surface area contributed by atoms with Gasteiger partial charge >= 0.3 is 0 Å². The summed E-state index contributed by atoms with van der Waals surface area (Å²) in [4.78, 5) is 28.1. The van der Waals surface area contributed by atoms with Crippen LogP contribution in [0.15, 0.2) is 42.5 Å². The van der Waals surface area contributed by atoms with Crippen LogP contribution in [0.25, 0.3) is 0 Å². The third kappa shape index (κ3) is 4.43. The number of aryl methyl sites for hydroxylation is 1. The van der Waals surface area contributed by atoms with E-state index in [0.29, 0.717) is 23.2 Å². The summed E-state index contributed by atoms with van der Waals surface area (Å²) in [5, 5.41) is 16.1. The lowest BCUT2D eigenvalue weighted by Crippen LogP contribution is -2.57. The van der Waals surface area contributed by atoms with Gasteiger partial charge in [-0.25, -0.2) is 0 Å². The van der Waals surface area contributed by atoms with Crippen LogP contribution in [0.5, 0.6) is 0 Å². The Kier molecular flexibility index (Phi) is 6.35. The van der Waals surface area contributed by atoms with Gasteiger partial charge in [0.15, 0.2) is 0 Å². The molecule has 2 heterocycles. The summed E-state index contributed by atoms with van der Waals surface area (Å²) in [6, 6.07) is 13.5. The number of aliphatic hydroxyl groups excluding tert-OH is 1. The van der Waals surface area contributed by atoms with Crippen LogP contribution in [0.3, 0.4) is 0 Å². The molecule has 5 unspecified atom stereocenters. The van der Waals surface area contributed by atoms with Gasteiger partial charge < -0.3 is 20.6 Å². The van der Waals surface area contributed by atoms with Crippen LogP contribution in [-0.4, -0.2) is 47.5 Å². The van der Waals surface area contributed by atoms with Crippen molar-refractivity contribution in [1.29, 1.82) is 0 Å². The molecule has 2 fully saturated rings. The number of benzene rings is 2. The number of amides is 2.